The molecule has 5 nitrogen and oxygen atoms in total. The molecule has 2 aliphatic carbocycles. The molecule has 114 valence electrons. The van der Waals surface area contributed by atoms with E-state index in [2.05, 4.69) is 12.2 Å². The molecule has 2 saturated carbocycles. The van der Waals surface area contributed by atoms with Crippen LogP contribution in [0.5, 0.6) is 0 Å². The lowest BCUT2D eigenvalue weighted by Gasteiger charge is -2.40. The van der Waals surface area contributed by atoms with Crippen LogP contribution in [0.3, 0.4) is 0 Å². The summed E-state index contributed by atoms with van der Waals surface area (Å²) in [6, 6.07) is 0. The van der Waals surface area contributed by atoms with Crippen LogP contribution in [-0.2, 0) is 9.59 Å². The first kappa shape index (κ1) is 15.3. The maximum Gasteiger partial charge on any atom is 0.329 e. The molecule has 5 heteroatoms. The summed E-state index contributed by atoms with van der Waals surface area (Å²) in [4.78, 5) is 23.7. The van der Waals surface area contributed by atoms with E-state index in [9.17, 15) is 14.7 Å². The predicted octanol–water partition coefficient (Wildman–Crippen LogP) is 1.80. The first-order valence-corrected chi connectivity index (χ1v) is 7.72. The average molecular weight is 282 g/mol. The Morgan fingerprint density at radius 2 is 1.85 bits per heavy atom. The van der Waals surface area contributed by atoms with Crippen LogP contribution >= 0.6 is 0 Å². The van der Waals surface area contributed by atoms with Gasteiger partial charge in [0.15, 0.2) is 0 Å². The topological polar surface area (TPSA) is 92.4 Å². The standard InChI is InChI=1S/C15H26N2O3/c1-2-11-4-8-15(9-5-11,13(19)20)17-12(18)10-14(16)6-3-7-14/h11H,2-10,16H2,1H3,(H,17,18)(H,19,20). The van der Waals surface area contributed by atoms with Crippen molar-refractivity contribution >= 4 is 11.9 Å². The lowest BCUT2D eigenvalue weighted by molar-refractivity contribution is -0.150. The highest BCUT2D eigenvalue weighted by Gasteiger charge is 2.44. The van der Waals surface area contributed by atoms with Gasteiger partial charge in [0.1, 0.15) is 5.54 Å². The number of hydrogen-bond donors (Lipinski definition) is 3. The summed E-state index contributed by atoms with van der Waals surface area (Å²) in [5.74, 6) is -0.517. The van der Waals surface area contributed by atoms with Gasteiger partial charge < -0.3 is 16.2 Å². The third kappa shape index (κ3) is 3.14. The smallest absolute Gasteiger partial charge is 0.329 e. The van der Waals surface area contributed by atoms with Crippen LogP contribution in [0.4, 0.5) is 0 Å². The maximum absolute atomic E-state index is 12.1. The molecule has 0 bridgehead atoms. The normalized spacial score (nSPS) is 32.2. The molecule has 0 aliphatic heterocycles. The van der Waals surface area contributed by atoms with Gasteiger partial charge in [0.25, 0.3) is 0 Å². The fourth-order valence-electron chi connectivity index (χ4n) is 3.41. The monoisotopic (exact) mass is 282 g/mol. The third-order valence-electron chi connectivity index (χ3n) is 5.19. The second-order valence-electron chi connectivity index (χ2n) is 6.68. The number of nitrogens with two attached hydrogens (primary N) is 1. The van der Waals surface area contributed by atoms with Crippen molar-refractivity contribution < 1.29 is 14.7 Å². The Labute approximate surface area is 120 Å². The van der Waals surface area contributed by atoms with Gasteiger partial charge in [0.2, 0.25) is 5.91 Å². The highest BCUT2D eigenvalue weighted by Crippen LogP contribution is 2.35. The summed E-state index contributed by atoms with van der Waals surface area (Å²) in [7, 11) is 0. The van der Waals surface area contributed by atoms with E-state index in [1.807, 2.05) is 0 Å². The van der Waals surface area contributed by atoms with Crippen molar-refractivity contribution in [3.63, 3.8) is 0 Å². The number of carbonyl (C=O) groups excluding carboxylic acids is 1. The SMILES string of the molecule is CCC1CCC(NC(=O)CC2(N)CCC2)(C(=O)O)CC1. The van der Waals surface area contributed by atoms with Gasteiger partial charge in [-0.05, 0) is 50.9 Å². The predicted molar refractivity (Wildman–Crippen MR) is 76.1 cm³/mol. The van der Waals surface area contributed by atoms with Gasteiger partial charge in [-0.2, -0.15) is 0 Å². The van der Waals surface area contributed by atoms with Gasteiger partial charge in [-0.1, -0.05) is 13.3 Å². The summed E-state index contributed by atoms with van der Waals surface area (Å²) in [6.07, 6.45) is 6.92. The molecule has 0 radical (unpaired) electrons. The average Bonchev–Trinajstić information content (AvgIpc) is 2.37. The second-order valence-corrected chi connectivity index (χ2v) is 6.68. The summed E-state index contributed by atoms with van der Waals surface area (Å²) in [5.41, 5.74) is 4.60. The second kappa shape index (κ2) is 5.72. The Morgan fingerprint density at radius 3 is 2.25 bits per heavy atom. The fraction of sp³-hybridized carbons (Fsp3) is 0.867. The van der Waals surface area contributed by atoms with Crippen molar-refractivity contribution in [2.24, 2.45) is 11.7 Å². The molecular formula is C15H26N2O3. The van der Waals surface area contributed by atoms with Gasteiger partial charge in [0, 0.05) is 12.0 Å². The highest BCUT2D eigenvalue weighted by atomic mass is 16.4. The summed E-state index contributed by atoms with van der Waals surface area (Å²) in [5, 5.41) is 12.3. The molecule has 0 saturated heterocycles. The molecule has 0 heterocycles. The molecule has 2 rings (SSSR count). The number of rotatable bonds is 5. The first-order chi connectivity index (χ1) is 9.39. The number of aliphatic carboxylic acids is 1. The highest BCUT2D eigenvalue weighted by molar-refractivity contribution is 5.87. The zero-order chi connectivity index (χ0) is 14.8. The zero-order valence-electron chi connectivity index (χ0n) is 12.3. The van der Waals surface area contributed by atoms with Crippen molar-refractivity contribution in [2.45, 2.75) is 75.8 Å². The molecule has 2 fully saturated rings. The largest absolute Gasteiger partial charge is 0.480 e. The van der Waals surface area contributed by atoms with E-state index in [0.717, 1.165) is 38.5 Å². The number of hydrogen-bond acceptors (Lipinski definition) is 3. The first-order valence-electron chi connectivity index (χ1n) is 7.72. The molecule has 0 aromatic rings. The van der Waals surface area contributed by atoms with Gasteiger partial charge in [-0.15, -0.1) is 0 Å². The Balaban J connectivity index is 1.95. The van der Waals surface area contributed by atoms with Crippen LogP contribution in [0.1, 0.15) is 64.7 Å². The van der Waals surface area contributed by atoms with Crippen LogP contribution in [0.15, 0.2) is 0 Å². The Morgan fingerprint density at radius 1 is 1.25 bits per heavy atom. The van der Waals surface area contributed by atoms with E-state index >= 15 is 0 Å². The zero-order valence-corrected chi connectivity index (χ0v) is 12.3. The molecule has 20 heavy (non-hydrogen) atoms. The van der Waals surface area contributed by atoms with E-state index in [-0.39, 0.29) is 12.3 Å². The van der Waals surface area contributed by atoms with Crippen molar-refractivity contribution in [1.29, 1.82) is 0 Å². The molecule has 0 atom stereocenters. The molecule has 4 N–H and O–H groups in total. The van der Waals surface area contributed by atoms with Crippen LogP contribution in [0.2, 0.25) is 0 Å². The molecule has 2 aliphatic rings. The summed E-state index contributed by atoms with van der Waals surface area (Å²) < 4.78 is 0. The molecule has 0 aromatic heterocycles. The maximum atomic E-state index is 12.1. The molecule has 0 spiro atoms. The van der Waals surface area contributed by atoms with E-state index in [0.29, 0.717) is 18.8 Å². The van der Waals surface area contributed by atoms with E-state index in [4.69, 9.17) is 5.73 Å². The van der Waals surface area contributed by atoms with Crippen molar-refractivity contribution in [2.75, 3.05) is 0 Å². The minimum absolute atomic E-state index is 0.204. The third-order valence-corrected chi connectivity index (χ3v) is 5.19. The molecular weight excluding hydrogens is 256 g/mol. The quantitative estimate of drug-likeness (QED) is 0.717. The summed E-state index contributed by atoms with van der Waals surface area (Å²) in [6.45, 7) is 2.13. The number of nitrogens with one attached hydrogen (secondary N) is 1. The van der Waals surface area contributed by atoms with Gasteiger partial charge in [0.05, 0.1) is 0 Å². The van der Waals surface area contributed by atoms with Crippen LogP contribution < -0.4 is 11.1 Å². The van der Waals surface area contributed by atoms with Gasteiger partial charge in [-0.25, -0.2) is 4.79 Å². The lowest BCUT2D eigenvalue weighted by atomic mass is 9.73. The minimum atomic E-state index is -1.07. The number of carbonyl (C=O) groups is 2. The molecule has 1 amide bonds. The summed E-state index contributed by atoms with van der Waals surface area (Å²) >= 11 is 0. The van der Waals surface area contributed by atoms with Crippen molar-refractivity contribution in [1.82, 2.24) is 5.32 Å². The minimum Gasteiger partial charge on any atom is -0.480 e. The Kier molecular flexibility index (Phi) is 4.37. The van der Waals surface area contributed by atoms with Gasteiger partial charge in [-0.3, -0.25) is 4.79 Å². The number of amides is 1. The molecule has 0 unspecified atom stereocenters. The Hall–Kier alpha value is -1.10. The van der Waals surface area contributed by atoms with E-state index in [1.54, 1.807) is 0 Å². The van der Waals surface area contributed by atoms with Crippen LogP contribution in [0.25, 0.3) is 0 Å². The van der Waals surface area contributed by atoms with E-state index in [1.165, 1.54) is 0 Å². The Bertz CT molecular complexity index is 383. The van der Waals surface area contributed by atoms with E-state index < -0.39 is 17.0 Å². The number of carboxylic acid groups (broad SMARTS) is 1. The fourth-order valence-corrected chi connectivity index (χ4v) is 3.41. The van der Waals surface area contributed by atoms with Gasteiger partial charge >= 0.3 is 5.97 Å². The van der Waals surface area contributed by atoms with Crippen molar-refractivity contribution in [3.05, 3.63) is 0 Å². The van der Waals surface area contributed by atoms with Crippen LogP contribution in [0, 0.1) is 5.92 Å². The number of carboxylic acids is 1. The lowest BCUT2D eigenvalue weighted by Crippen LogP contribution is -2.59. The van der Waals surface area contributed by atoms with Crippen molar-refractivity contribution in [3.8, 4) is 0 Å². The molecule has 0 aromatic carbocycles. The van der Waals surface area contributed by atoms with Crippen LogP contribution in [-0.4, -0.2) is 28.1 Å².